The van der Waals surface area contributed by atoms with Crippen LogP contribution in [0.1, 0.15) is 29.5 Å². The fourth-order valence-electron chi connectivity index (χ4n) is 4.29. The number of ketones is 1. The number of hydrogen-bond acceptors (Lipinski definition) is 6. The van der Waals surface area contributed by atoms with Gasteiger partial charge in [-0.1, -0.05) is 17.8 Å². The number of fused-ring (bicyclic) bond motifs is 2. The van der Waals surface area contributed by atoms with Gasteiger partial charge in [-0.2, -0.15) is 13.2 Å². The average molecular weight is 493 g/mol. The Bertz CT molecular complexity index is 1040. The topological polar surface area (TPSA) is 47.6 Å². The number of rotatable bonds is 9. The molecule has 1 saturated heterocycles. The molecule has 4 rings (SSSR count). The summed E-state index contributed by atoms with van der Waals surface area (Å²) in [6, 6.07) is 8.66. The van der Waals surface area contributed by atoms with Gasteiger partial charge in [0.15, 0.2) is 5.78 Å². The van der Waals surface area contributed by atoms with Crippen LogP contribution in [0.4, 0.5) is 24.5 Å². The first-order chi connectivity index (χ1) is 16.2. The molecule has 2 aromatic carbocycles. The van der Waals surface area contributed by atoms with E-state index in [-0.39, 0.29) is 18.9 Å². The molecule has 34 heavy (non-hydrogen) atoms. The number of alkyl halides is 3. The lowest BCUT2D eigenvalue weighted by Crippen LogP contribution is -2.33. The third kappa shape index (κ3) is 6.06. The fourth-order valence-corrected chi connectivity index (χ4v) is 5.47. The van der Waals surface area contributed by atoms with Crippen molar-refractivity contribution in [2.75, 3.05) is 63.6 Å². The molecule has 0 spiro atoms. The molecule has 0 atom stereocenters. The summed E-state index contributed by atoms with van der Waals surface area (Å²) in [7, 11) is 3.90. The van der Waals surface area contributed by atoms with Crippen LogP contribution in [0.5, 0.6) is 0 Å². The van der Waals surface area contributed by atoms with E-state index < -0.39 is 11.7 Å². The molecular weight excluding hydrogens is 461 g/mol. The third-order valence-corrected chi connectivity index (χ3v) is 7.36. The summed E-state index contributed by atoms with van der Waals surface area (Å²) in [6.07, 6.45) is -1.59. The van der Waals surface area contributed by atoms with Crippen molar-refractivity contribution in [3.05, 3.63) is 47.0 Å². The summed E-state index contributed by atoms with van der Waals surface area (Å²) in [6.45, 7) is 3.67. The molecule has 5 nitrogen and oxygen atoms in total. The second-order valence-corrected chi connectivity index (χ2v) is 10.2. The maximum Gasteiger partial charge on any atom is 0.416 e. The van der Waals surface area contributed by atoms with Crippen molar-refractivity contribution in [2.24, 2.45) is 0 Å². The Hall–Kier alpha value is -2.23. The van der Waals surface area contributed by atoms with Crippen LogP contribution in [0.2, 0.25) is 0 Å². The summed E-state index contributed by atoms with van der Waals surface area (Å²) < 4.78 is 40.9. The van der Waals surface area contributed by atoms with E-state index in [4.69, 9.17) is 0 Å². The van der Waals surface area contributed by atoms with Gasteiger partial charge in [-0.05, 0) is 62.3 Å². The third-order valence-electron chi connectivity index (χ3n) is 6.18. The summed E-state index contributed by atoms with van der Waals surface area (Å²) in [5.74, 6) is -0.0935. The van der Waals surface area contributed by atoms with Crippen molar-refractivity contribution >= 4 is 28.9 Å². The number of halogens is 3. The molecule has 0 radical (unpaired) electrons. The average Bonchev–Trinajstić information content (AvgIpc) is 3.32. The molecule has 9 heteroatoms. The zero-order valence-electron chi connectivity index (χ0n) is 19.6. The lowest BCUT2D eigenvalue weighted by atomic mass is 9.99. The minimum Gasteiger partial charge on any atom is -0.378 e. The molecule has 2 aromatic rings. The van der Waals surface area contributed by atoms with Gasteiger partial charge in [0.25, 0.3) is 0 Å². The molecule has 2 aliphatic heterocycles. The van der Waals surface area contributed by atoms with Gasteiger partial charge < -0.3 is 20.4 Å². The molecule has 0 aromatic heterocycles. The van der Waals surface area contributed by atoms with Crippen molar-refractivity contribution in [1.82, 2.24) is 10.2 Å². The standard InChI is InChI=1S/C25H31F3N4OS/c1-31(2)10-7-29-15-20(33)16-30-22-12-18(25(26,27)28)13-24-21(22)11-17-5-6-19(14-23(17)34-24)32-8-3-4-9-32/h5-6,12-14,29-30H,3-4,7-11,15-16H2,1-2H3. The highest BCUT2D eigenvalue weighted by Crippen LogP contribution is 2.46. The second kappa shape index (κ2) is 10.6. The van der Waals surface area contributed by atoms with Gasteiger partial charge in [-0.15, -0.1) is 0 Å². The number of carbonyl (C=O) groups is 1. The molecule has 0 amide bonds. The zero-order chi connectivity index (χ0) is 24.3. The maximum atomic E-state index is 13.6. The van der Waals surface area contributed by atoms with Gasteiger partial charge in [0.1, 0.15) is 0 Å². The summed E-state index contributed by atoms with van der Waals surface area (Å²) in [4.78, 5) is 18.2. The van der Waals surface area contributed by atoms with E-state index in [1.165, 1.54) is 30.7 Å². The summed E-state index contributed by atoms with van der Waals surface area (Å²) in [5, 5.41) is 6.07. The zero-order valence-corrected chi connectivity index (χ0v) is 20.4. The second-order valence-electron chi connectivity index (χ2n) is 9.14. The van der Waals surface area contributed by atoms with E-state index >= 15 is 0 Å². The highest BCUT2D eigenvalue weighted by molar-refractivity contribution is 7.99. The van der Waals surface area contributed by atoms with Crippen molar-refractivity contribution in [3.8, 4) is 0 Å². The van der Waals surface area contributed by atoms with Gasteiger partial charge in [-0.25, -0.2) is 0 Å². The van der Waals surface area contributed by atoms with E-state index in [1.807, 2.05) is 19.0 Å². The first-order valence-corrected chi connectivity index (χ1v) is 12.4. The quantitative estimate of drug-likeness (QED) is 0.429. The maximum absolute atomic E-state index is 13.6. The molecule has 0 aliphatic carbocycles. The van der Waals surface area contributed by atoms with Crippen molar-refractivity contribution in [1.29, 1.82) is 0 Å². The lowest BCUT2D eigenvalue weighted by Gasteiger charge is -2.26. The molecule has 1 fully saturated rings. The smallest absolute Gasteiger partial charge is 0.378 e. The monoisotopic (exact) mass is 492 g/mol. The molecule has 0 bridgehead atoms. The van der Waals surface area contributed by atoms with E-state index in [1.54, 1.807) is 0 Å². The Morgan fingerprint density at radius 1 is 1.09 bits per heavy atom. The van der Waals surface area contributed by atoms with Gasteiger partial charge in [0, 0.05) is 53.8 Å². The number of Topliss-reactive ketones (excluding diaryl/α,β-unsaturated/α-hetero) is 1. The highest BCUT2D eigenvalue weighted by Gasteiger charge is 2.33. The summed E-state index contributed by atoms with van der Waals surface area (Å²) >= 11 is 1.39. The number of anilines is 2. The van der Waals surface area contributed by atoms with Crippen LogP contribution in [0.25, 0.3) is 0 Å². The van der Waals surface area contributed by atoms with Gasteiger partial charge in [0.05, 0.1) is 18.7 Å². The van der Waals surface area contributed by atoms with Crippen molar-refractivity contribution in [2.45, 2.75) is 35.2 Å². The fraction of sp³-hybridized carbons (Fsp3) is 0.480. The highest BCUT2D eigenvalue weighted by atomic mass is 32.2. The van der Waals surface area contributed by atoms with Crippen LogP contribution < -0.4 is 15.5 Å². The molecule has 0 saturated carbocycles. The van der Waals surface area contributed by atoms with E-state index in [2.05, 4.69) is 33.7 Å². The van der Waals surface area contributed by atoms with Crippen LogP contribution in [-0.2, 0) is 17.4 Å². The normalized spacial score (nSPS) is 15.4. The number of likely N-dealkylation sites (N-methyl/N-ethyl adjacent to an activating group) is 1. The Labute approximate surface area is 203 Å². The minimum atomic E-state index is -4.46. The number of benzene rings is 2. The lowest BCUT2D eigenvalue weighted by molar-refractivity contribution is -0.137. The molecule has 2 N–H and O–H groups in total. The van der Waals surface area contributed by atoms with Crippen molar-refractivity contribution in [3.63, 3.8) is 0 Å². The van der Waals surface area contributed by atoms with Crippen LogP contribution >= 0.6 is 11.8 Å². The summed E-state index contributed by atoms with van der Waals surface area (Å²) in [5.41, 5.74) is 2.72. The van der Waals surface area contributed by atoms with Crippen molar-refractivity contribution < 1.29 is 18.0 Å². The Morgan fingerprint density at radius 3 is 2.56 bits per heavy atom. The molecule has 2 aliphatic rings. The predicted molar refractivity (Wildman–Crippen MR) is 131 cm³/mol. The van der Waals surface area contributed by atoms with E-state index in [0.29, 0.717) is 23.5 Å². The van der Waals surface area contributed by atoms with Crippen LogP contribution in [0.3, 0.4) is 0 Å². The number of nitrogens with one attached hydrogen (secondary N) is 2. The molecule has 0 unspecified atom stereocenters. The first kappa shape index (κ1) is 24.9. The number of hydrogen-bond donors (Lipinski definition) is 2. The van der Waals surface area contributed by atoms with E-state index in [0.717, 1.165) is 47.4 Å². The molecular formula is C25H31F3N4OS. The van der Waals surface area contributed by atoms with Gasteiger partial charge in [0.2, 0.25) is 0 Å². The Morgan fingerprint density at radius 2 is 1.85 bits per heavy atom. The van der Waals surface area contributed by atoms with Crippen LogP contribution in [-0.4, -0.2) is 64.0 Å². The molecule has 184 valence electrons. The minimum absolute atomic E-state index is 0.0197. The van der Waals surface area contributed by atoms with Crippen LogP contribution in [0.15, 0.2) is 40.1 Å². The van der Waals surface area contributed by atoms with E-state index in [9.17, 15) is 18.0 Å². The predicted octanol–water partition coefficient (Wildman–Crippen LogP) is 4.49. The first-order valence-electron chi connectivity index (χ1n) is 11.6. The van der Waals surface area contributed by atoms with Gasteiger partial charge in [-0.3, -0.25) is 4.79 Å². The number of nitrogens with zero attached hydrogens (tertiary/aromatic N) is 2. The van der Waals surface area contributed by atoms with Gasteiger partial charge >= 0.3 is 6.18 Å². The Balaban J connectivity index is 1.52. The number of carbonyl (C=O) groups excluding carboxylic acids is 1. The molecule has 2 heterocycles. The SMILES string of the molecule is CN(C)CCNCC(=O)CNc1cc(C(F)(F)F)cc2c1Cc1ccc(N3CCCC3)cc1S2. The largest absolute Gasteiger partial charge is 0.416 e. The Kier molecular flexibility index (Phi) is 7.74. The van der Waals surface area contributed by atoms with Crippen LogP contribution in [0, 0.1) is 0 Å².